The van der Waals surface area contributed by atoms with Gasteiger partial charge in [0.1, 0.15) is 0 Å². The van der Waals surface area contributed by atoms with Gasteiger partial charge in [0, 0.05) is 6.04 Å². The lowest BCUT2D eigenvalue weighted by Gasteiger charge is -2.29. The van der Waals surface area contributed by atoms with Gasteiger partial charge in [-0.3, -0.25) is 0 Å². The summed E-state index contributed by atoms with van der Waals surface area (Å²) >= 11 is 0. The number of hydrogen-bond acceptors (Lipinski definition) is 1. The summed E-state index contributed by atoms with van der Waals surface area (Å²) in [6.45, 7) is 5.87. The molecule has 106 valence electrons. The highest BCUT2D eigenvalue weighted by Gasteiger charge is 2.31. The van der Waals surface area contributed by atoms with Crippen LogP contribution in [0, 0.1) is 17.8 Å². The van der Waals surface area contributed by atoms with Crippen molar-refractivity contribution in [2.75, 3.05) is 6.54 Å². The summed E-state index contributed by atoms with van der Waals surface area (Å²) < 4.78 is 0. The van der Waals surface area contributed by atoms with Crippen molar-refractivity contribution in [2.45, 2.75) is 84.1 Å². The van der Waals surface area contributed by atoms with Crippen molar-refractivity contribution in [3.8, 4) is 0 Å². The summed E-state index contributed by atoms with van der Waals surface area (Å²) in [5, 5.41) is 3.79. The van der Waals surface area contributed by atoms with E-state index in [2.05, 4.69) is 19.2 Å². The summed E-state index contributed by atoms with van der Waals surface area (Å²) in [5.74, 6) is 3.14. The Labute approximate surface area is 114 Å². The first-order valence-corrected chi connectivity index (χ1v) is 8.56. The third-order valence-electron chi connectivity index (χ3n) is 5.28. The third-order valence-corrected chi connectivity index (χ3v) is 5.28. The second-order valence-corrected chi connectivity index (χ2v) is 6.77. The second kappa shape index (κ2) is 7.53. The van der Waals surface area contributed by atoms with Crippen LogP contribution in [0.5, 0.6) is 0 Å². The largest absolute Gasteiger partial charge is 0.314 e. The average Bonchev–Trinajstić information content (AvgIpc) is 3.24. The summed E-state index contributed by atoms with van der Waals surface area (Å²) in [6, 6.07) is 0.855. The maximum absolute atomic E-state index is 3.79. The zero-order chi connectivity index (χ0) is 12.8. The van der Waals surface area contributed by atoms with E-state index in [0.29, 0.717) is 0 Å². The van der Waals surface area contributed by atoms with Crippen molar-refractivity contribution < 1.29 is 0 Å². The predicted molar refractivity (Wildman–Crippen MR) is 79.8 cm³/mol. The molecule has 2 saturated carbocycles. The molecule has 2 rings (SSSR count). The van der Waals surface area contributed by atoms with Crippen LogP contribution in [-0.4, -0.2) is 12.6 Å². The van der Waals surface area contributed by atoms with Crippen molar-refractivity contribution in [2.24, 2.45) is 17.8 Å². The lowest BCUT2D eigenvalue weighted by Crippen LogP contribution is -2.32. The molecule has 0 radical (unpaired) electrons. The fourth-order valence-electron chi connectivity index (χ4n) is 3.68. The topological polar surface area (TPSA) is 12.0 Å². The van der Waals surface area contributed by atoms with E-state index in [1.54, 1.807) is 0 Å². The molecule has 2 fully saturated rings. The number of rotatable bonds is 8. The maximum Gasteiger partial charge on any atom is 0.00954 e. The molecule has 0 saturated heterocycles. The highest BCUT2D eigenvalue weighted by molar-refractivity contribution is 4.87. The van der Waals surface area contributed by atoms with Crippen LogP contribution in [0.15, 0.2) is 0 Å². The van der Waals surface area contributed by atoms with E-state index in [-0.39, 0.29) is 0 Å². The van der Waals surface area contributed by atoms with Gasteiger partial charge >= 0.3 is 0 Å². The minimum Gasteiger partial charge on any atom is -0.314 e. The molecule has 1 heteroatoms. The highest BCUT2D eigenvalue weighted by atomic mass is 14.9. The van der Waals surface area contributed by atoms with Gasteiger partial charge in [0.05, 0.1) is 0 Å². The van der Waals surface area contributed by atoms with Gasteiger partial charge in [-0.15, -0.1) is 0 Å². The van der Waals surface area contributed by atoms with Gasteiger partial charge in [-0.2, -0.15) is 0 Å². The van der Waals surface area contributed by atoms with E-state index in [1.807, 2.05) is 0 Å². The quantitative estimate of drug-likeness (QED) is 0.656. The molecule has 0 aromatic rings. The van der Waals surface area contributed by atoms with Crippen LogP contribution >= 0.6 is 0 Å². The molecule has 0 aliphatic heterocycles. The van der Waals surface area contributed by atoms with Crippen LogP contribution in [0.3, 0.4) is 0 Å². The standard InChI is InChI=1S/C17H33N/c1-3-13-18-17(16-10-11-16)12-9-15-7-5-14(4-2)6-8-15/h14-18H,3-13H2,1-2H3. The highest BCUT2D eigenvalue weighted by Crippen LogP contribution is 2.37. The molecule has 1 nitrogen and oxygen atoms in total. The molecule has 0 heterocycles. The third kappa shape index (κ3) is 4.57. The molecular formula is C17H33N. The minimum absolute atomic E-state index is 0.855. The van der Waals surface area contributed by atoms with E-state index in [9.17, 15) is 0 Å². The fraction of sp³-hybridized carbons (Fsp3) is 1.00. The van der Waals surface area contributed by atoms with Gasteiger partial charge in [0.25, 0.3) is 0 Å². The van der Waals surface area contributed by atoms with E-state index in [1.165, 1.54) is 70.8 Å². The molecule has 18 heavy (non-hydrogen) atoms. The van der Waals surface area contributed by atoms with Gasteiger partial charge in [-0.05, 0) is 56.4 Å². The van der Waals surface area contributed by atoms with E-state index < -0.39 is 0 Å². The molecule has 0 aromatic heterocycles. The van der Waals surface area contributed by atoms with E-state index in [0.717, 1.165) is 23.8 Å². The van der Waals surface area contributed by atoms with Crippen LogP contribution < -0.4 is 5.32 Å². The maximum atomic E-state index is 3.79. The number of hydrogen-bond donors (Lipinski definition) is 1. The summed E-state index contributed by atoms with van der Waals surface area (Å²) in [7, 11) is 0. The van der Waals surface area contributed by atoms with Crippen molar-refractivity contribution >= 4 is 0 Å². The molecule has 2 aliphatic carbocycles. The Kier molecular flexibility index (Phi) is 6.01. The molecule has 0 amide bonds. The lowest BCUT2D eigenvalue weighted by atomic mass is 9.78. The van der Waals surface area contributed by atoms with Gasteiger partial charge in [0.15, 0.2) is 0 Å². The molecule has 1 unspecified atom stereocenters. The smallest absolute Gasteiger partial charge is 0.00954 e. The molecule has 0 aromatic carbocycles. The first-order chi connectivity index (χ1) is 8.83. The monoisotopic (exact) mass is 251 g/mol. The van der Waals surface area contributed by atoms with Crippen LogP contribution in [-0.2, 0) is 0 Å². The van der Waals surface area contributed by atoms with Crippen molar-refractivity contribution in [1.82, 2.24) is 5.32 Å². The molecular weight excluding hydrogens is 218 g/mol. The first-order valence-electron chi connectivity index (χ1n) is 8.56. The molecule has 0 spiro atoms. The first kappa shape index (κ1) is 14.4. The predicted octanol–water partition coefficient (Wildman–Crippen LogP) is 4.76. The van der Waals surface area contributed by atoms with E-state index >= 15 is 0 Å². The molecule has 2 aliphatic rings. The van der Waals surface area contributed by atoms with Crippen LogP contribution in [0.25, 0.3) is 0 Å². The van der Waals surface area contributed by atoms with Gasteiger partial charge in [-0.25, -0.2) is 0 Å². The van der Waals surface area contributed by atoms with Crippen molar-refractivity contribution in [1.29, 1.82) is 0 Å². The normalized spacial score (nSPS) is 30.3. The zero-order valence-corrected chi connectivity index (χ0v) is 12.6. The number of nitrogens with one attached hydrogen (secondary N) is 1. The van der Waals surface area contributed by atoms with Crippen LogP contribution in [0.4, 0.5) is 0 Å². The summed E-state index contributed by atoms with van der Waals surface area (Å²) in [5.41, 5.74) is 0. The van der Waals surface area contributed by atoms with Gasteiger partial charge in [0.2, 0.25) is 0 Å². The van der Waals surface area contributed by atoms with Crippen molar-refractivity contribution in [3.63, 3.8) is 0 Å². The lowest BCUT2D eigenvalue weighted by molar-refractivity contribution is 0.244. The Morgan fingerprint density at radius 1 is 0.944 bits per heavy atom. The Balaban J connectivity index is 1.63. The Hall–Kier alpha value is -0.0400. The Morgan fingerprint density at radius 3 is 2.17 bits per heavy atom. The van der Waals surface area contributed by atoms with E-state index in [4.69, 9.17) is 0 Å². The van der Waals surface area contributed by atoms with Crippen LogP contribution in [0.2, 0.25) is 0 Å². The fourth-order valence-corrected chi connectivity index (χ4v) is 3.68. The Bertz CT molecular complexity index is 214. The zero-order valence-electron chi connectivity index (χ0n) is 12.6. The average molecular weight is 251 g/mol. The second-order valence-electron chi connectivity index (χ2n) is 6.77. The molecule has 0 bridgehead atoms. The van der Waals surface area contributed by atoms with Crippen LogP contribution in [0.1, 0.15) is 78.1 Å². The molecule has 1 N–H and O–H groups in total. The van der Waals surface area contributed by atoms with Gasteiger partial charge < -0.3 is 5.32 Å². The Morgan fingerprint density at radius 2 is 1.61 bits per heavy atom. The summed E-state index contributed by atoms with van der Waals surface area (Å²) in [4.78, 5) is 0. The van der Waals surface area contributed by atoms with Crippen molar-refractivity contribution in [3.05, 3.63) is 0 Å². The SMILES string of the molecule is CCCNC(CCC1CCC(CC)CC1)C1CC1. The minimum atomic E-state index is 0.855. The molecule has 1 atom stereocenters. The van der Waals surface area contributed by atoms with Gasteiger partial charge in [-0.1, -0.05) is 46.0 Å². The summed E-state index contributed by atoms with van der Waals surface area (Å²) in [6.07, 6.45) is 14.7.